The summed E-state index contributed by atoms with van der Waals surface area (Å²) in [6.07, 6.45) is 0. The molecule has 0 aliphatic rings. The van der Waals surface area contributed by atoms with E-state index in [0.29, 0.717) is 0 Å². The SMILES string of the molecule is N=S(=O)=O.[K]. The molecule has 0 heterocycles. The number of nitrogens with one attached hydrogen (secondary N) is 1. The first-order valence-corrected chi connectivity index (χ1v) is 1.61. The topological polar surface area (TPSA) is 58.0 Å². The van der Waals surface area contributed by atoms with Gasteiger partial charge in [-0.05, 0) is 0 Å². The van der Waals surface area contributed by atoms with Gasteiger partial charge in [0.2, 0.25) is 0 Å². The monoisotopic (exact) mass is 118 g/mol. The average Bonchev–Trinajstić information content (AvgIpc) is 0.811. The van der Waals surface area contributed by atoms with E-state index in [1.54, 1.807) is 0 Å². The summed E-state index contributed by atoms with van der Waals surface area (Å²) in [6, 6.07) is 0. The van der Waals surface area contributed by atoms with E-state index in [1.807, 2.05) is 0 Å². The zero-order valence-electron chi connectivity index (χ0n) is 2.72. The molecule has 5 heteroatoms. The molecule has 0 aliphatic carbocycles. The summed E-state index contributed by atoms with van der Waals surface area (Å²) < 4.78 is 22.8. The van der Waals surface area contributed by atoms with Crippen LogP contribution in [0.5, 0.6) is 0 Å². The van der Waals surface area contributed by atoms with Gasteiger partial charge in [0.1, 0.15) is 0 Å². The van der Waals surface area contributed by atoms with Crippen molar-refractivity contribution in [2.75, 3.05) is 0 Å². The zero-order valence-corrected chi connectivity index (χ0v) is 6.66. The van der Waals surface area contributed by atoms with E-state index in [2.05, 4.69) is 0 Å². The van der Waals surface area contributed by atoms with Crippen molar-refractivity contribution in [2.24, 2.45) is 0 Å². The summed E-state index contributed by atoms with van der Waals surface area (Å²) in [4.78, 5) is 0. The normalized spacial score (nSPS) is 4.80. The maximum Gasteiger partial charge on any atom is 0.308 e. The summed E-state index contributed by atoms with van der Waals surface area (Å²) in [5.74, 6) is 0. The molecule has 1 radical (unpaired) electrons. The van der Waals surface area contributed by atoms with Gasteiger partial charge in [-0.2, -0.15) is 13.2 Å². The minimum Gasteiger partial charge on any atom is -0.188 e. The first-order valence-electron chi connectivity index (χ1n) is 0.537. The molecule has 0 aromatic heterocycles. The molecule has 25 valence electrons. The summed E-state index contributed by atoms with van der Waals surface area (Å²) in [5.41, 5.74) is 0. The van der Waals surface area contributed by atoms with Crippen molar-refractivity contribution in [3.05, 3.63) is 0 Å². The van der Waals surface area contributed by atoms with Gasteiger partial charge in [0.05, 0.1) is 0 Å². The van der Waals surface area contributed by atoms with Crippen LogP contribution in [-0.2, 0) is 10.5 Å². The largest absolute Gasteiger partial charge is 0.308 e. The quantitative estimate of drug-likeness (QED) is 0.425. The van der Waals surface area contributed by atoms with Crippen LogP contribution >= 0.6 is 0 Å². The predicted octanol–water partition coefficient (Wildman–Crippen LogP) is -0.753. The molecule has 0 bridgehead atoms. The van der Waals surface area contributed by atoms with Gasteiger partial charge in [0, 0.05) is 51.4 Å². The first-order chi connectivity index (χ1) is 1.73. The minimum absolute atomic E-state index is 0. The van der Waals surface area contributed by atoms with Crippen molar-refractivity contribution in [3.63, 3.8) is 0 Å². The van der Waals surface area contributed by atoms with E-state index in [1.165, 1.54) is 0 Å². The Kier molecular flexibility index (Phi) is 10.0. The van der Waals surface area contributed by atoms with Crippen LogP contribution in [0.1, 0.15) is 0 Å². The van der Waals surface area contributed by atoms with E-state index < -0.39 is 10.5 Å². The Labute approximate surface area is 73.7 Å². The first kappa shape index (κ1) is 9.54. The van der Waals surface area contributed by atoms with Crippen molar-refractivity contribution >= 4 is 61.9 Å². The van der Waals surface area contributed by atoms with Crippen molar-refractivity contribution in [1.82, 2.24) is 0 Å². The van der Waals surface area contributed by atoms with Gasteiger partial charge >= 0.3 is 10.5 Å². The molecule has 0 fully saturated rings. The third-order valence-electron chi connectivity index (χ3n) is 0. The Morgan fingerprint density at radius 1 is 1.40 bits per heavy atom. The van der Waals surface area contributed by atoms with Gasteiger partial charge in [-0.15, -0.1) is 0 Å². The molecule has 5 heavy (non-hydrogen) atoms. The van der Waals surface area contributed by atoms with Crippen LogP contribution < -0.4 is 0 Å². The second-order valence-corrected chi connectivity index (χ2v) is 0.704. The number of rotatable bonds is 0. The molecule has 0 saturated carbocycles. The molecule has 0 aromatic rings. The molecule has 3 nitrogen and oxygen atoms in total. The maximum atomic E-state index is 8.67. The fourth-order valence-corrected chi connectivity index (χ4v) is 0. The second-order valence-electron chi connectivity index (χ2n) is 0.235. The van der Waals surface area contributed by atoms with Crippen molar-refractivity contribution in [2.45, 2.75) is 0 Å². The van der Waals surface area contributed by atoms with Crippen molar-refractivity contribution < 1.29 is 8.42 Å². The van der Waals surface area contributed by atoms with Gasteiger partial charge in [0.25, 0.3) is 0 Å². The summed E-state index contributed by atoms with van der Waals surface area (Å²) >= 11 is 0. The molecule has 0 rings (SSSR count). The Morgan fingerprint density at radius 3 is 1.40 bits per heavy atom. The number of hydrogen-bond acceptors (Lipinski definition) is 3. The van der Waals surface area contributed by atoms with Crippen LogP contribution in [0.4, 0.5) is 0 Å². The van der Waals surface area contributed by atoms with E-state index in [4.69, 9.17) is 13.2 Å². The second kappa shape index (κ2) is 5.26. The summed E-state index contributed by atoms with van der Waals surface area (Å²) in [7, 11) is -2.61. The average molecular weight is 118 g/mol. The minimum atomic E-state index is -2.61. The Bertz CT molecular complexity index is 79.0. The number of hydrogen-bond donors (Lipinski definition) is 1. The van der Waals surface area contributed by atoms with Crippen LogP contribution in [0, 0.1) is 4.78 Å². The van der Waals surface area contributed by atoms with E-state index >= 15 is 0 Å². The van der Waals surface area contributed by atoms with E-state index in [-0.39, 0.29) is 51.4 Å². The van der Waals surface area contributed by atoms with Gasteiger partial charge < -0.3 is 0 Å². The summed E-state index contributed by atoms with van der Waals surface area (Å²) in [6.45, 7) is 0. The van der Waals surface area contributed by atoms with Gasteiger partial charge in [-0.1, -0.05) is 0 Å². The van der Waals surface area contributed by atoms with Crippen molar-refractivity contribution in [3.8, 4) is 0 Å². The molecule has 0 spiro atoms. The third kappa shape index (κ3) is 35.3. The van der Waals surface area contributed by atoms with Crippen molar-refractivity contribution in [1.29, 1.82) is 4.78 Å². The molecule has 0 aliphatic heterocycles. The molecule has 0 amide bonds. The van der Waals surface area contributed by atoms with E-state index in [0.717, 1.165) is 0 Å². The van der Waals surface area contributed by atoms with Crippen LogP contribution in [0.15, 0.2) is 0 Å². The predicted molar refractivity (Wildman–Crippen MR) is 17.4 cm³/mol. The molecule has 0 atom stereocenters. The van der Waals surface area contributed by atoms with Gasteiger partial charge in [-0.25, -0.2) is 0 Å². The van der Waals surface area contributed by atoms with Crippen LogP contribution in [0.25, 0.3) is 0 Å². The van der Waals surface area contributed by atoms with E-state index in [9.17, 15) is 0 Å². The fourth-order valence-electron chi connectivity index (χ4n) is 0. The molecule has 0 unspecified atom stereocenters. The maximum absolute atomic E-state index is 8.67. The molecular weight excluding hydrogens is 117 g/mol. The Balaban J connectivity index is 0. The molecular formula is HKNO2S. The summed E-state index contributed by atoms with van der Waals surface area (Å²) in [5, 5.41) is 0. The van der Waals surface area contributed by atoms with Crippen LogP contribution in [-0.4, -0.2) is 59.8 Å². The molecule has 0 saturated heterocycles. The molecule has 1 N–H and O–H groups in total. The zero-order chi connectivity index (χ0) is 3.58. The van der Waals surface area contributed by atoms with Gasteiger partial charge in [0.15, 0.2) is 0 Å². The third-order valence-corrected chi connectivity index (χ3v) is 0. The smallest absolute Gasteiger partial charge is 0.188 e. The molecule has 0 aromatic carbocycles. The Morgan fingerprint density at radius 2 is 1.40 bits per heavy atom. The van der Waals surface area contributed by atoms with Crippen LogP contribution in [0.3, 0.4) is 0 Å². The van der Waals surface area contributed by atoms with Gasteiger partial charge in [-0.3, -0.25) is 0 Å². The Hall–Kier alpha value is 1.26. The fraction of sp³-hybridized carbons (Fsp3) is 0. The standard InChI is InChI=1S/K.HNO2S/c;1-4(2)3/h;1H. The van der Waals surface area contributed by atoms with Crippen LogP contribution in [0.2, 0.25) is 0 Å².